The molecule has 12 heteroatoms. The van der Waals surface area contributed by atoms with Crippen LogP contribution in [-0.2, 0) is 35.6 Å². The Morgan fingerprint density at radius 2 is 1.83 bits per heavy atom. The number of hydrogen-bond acceptors (Lipinski definition) is 8. The number of carbonyl (C=O) groups is 2. The molecule has 0 saturated heterocycles. The minimum absolute atomic E-state index is 0.0376. The minimum Gasteiger partial charge on any atom is -0.484 e. The first kappa shape index (κ1) is 32.0. The van der Waals surface area contributed by atoms with Crippen molar-refractivity contribution in [1.29, 1.82) is 0 Å². The third-order valence-corrected chi connectivity index (χ3v) is 7.11. The molecule has 0 aliphatic rings. The van der Waals surface area contributed by atoms with Crippen molar-refractivity contribution in [2.24, 2.45) is 0 Å². The van der Waals surface area contributed by atoms with Crippen molar-refractivity contribution >= 4 is 34.9 Å². The van der Waals surface area contributed by atoms with Gasteiger partial charge in [0.05, 0.1) is 54.7 Å². The van der Waals surface area contributed by atoms with Crippen LogP contribution in [0, 0.1) is 5.82 Å². The first-order chi connectivity index (χ1) is 22.3. The summed E-state index contributed by atoms with van der Waals surface area (Å²) < 4.78 is 32.3. The molecular weight excluding hydrogens is 613 g/mol. The van der Waals surface area contributed by atoms with Gasteiger partial charge in [-0.2, -0.15) is 0 Å². The number of nitrogens with zero attached hydrogens (tertiary/aromatic N) is 3. The third kappa shape index (κ3) is 8.39. The largest absolute Gasteiger partial charge is 0.484 e. The van der Waals surface area contributed by atoms with E-state index < -0.39 is 11.8 Å². The molecule has 0 aliphatic heterocycles. The van der Waals surface area contributed by atoms with Crippen LogP contribution in [-0.4, -0.2) is 33.5 Å². The van der Waals surface area contributed by atoms with E-state index in [1.54, 1.807) is 79.3 Å². The molecule has 2 heterocycles. The van der Waals surface area contributed by atoms with E-state index in [0.29, 0.717) is 40.8 Å². The molecule has 0 saturated carbocycles. The lowest BCUT2D eigenvalue weighted by molar-refractivity contribution is -0.115. The van der Waals surface area contributed by atoms with Gasteiger partial charge in [-0.3, -0.25) is 4.79 Å². The van der Waals surface area contributed by atoms with Crippen molar-refractivity contribution in [2.45, 2.75) is 33.0 Å². The van der Waals surface area contributed by atoms with Gasteiger partial charge in [-0.05, 0) is 67.1 Å². The van der Waals surface area contributed by atoms with Crippen molar-refractivity contribution in [1.82, 2.24) is 14.5 Å². The van der Waals surface area contributed by atoms with Crippen molar-refractivity contribution < 1.29 is 28.2 Å². The Labute approximate surface area is 270 Å². The van der Waals surface area contributed by atoms with E-state index in [1.807, 2.05) is 11.5 Å². The minimum atomic E-state index is -0.557. The van der Waals surface area contributed by atoms with Crippen LogP contribution in [0.15, 0.2) is 91.4 Å². The summed E-state index contributed by atoms with van der Waals surface area (Å²) in [5.74, 6) is -0.352. The summed E-state index contributed by atoms with van der Waals surface area (Å²) in [6.07, 6.45) is 3.61. The highest BCUT2D eigenvalue weighted by molar-refractivity contribution is 6.30. The lowest BCUT2D eigenvalue weighted by Gasteiger charge is -2.15. The van der Waals surface area contributed by atoms with E-state index in [4.69, 9.17) is 25.8 Å². The highest BCUT2D eigenvalue weighted by Gasteiger charge is 2.14. The van der Waals surface area contributed by atoms with E-state index >= 15 is 0 Å². The van der Waals surface area contributed by atoms with Crippen molar-refractivity contribution in [3.8, 4) is 17.4 Å². The van der Waals surface area contributed by atoms with E-state index in [-0.39, 0.29) is 29.7 Å². The first-order valence-electron chi connectivity index (χ1n) is 14.4. The second-order valence-electron chi connectivity index (χ2n) is 10.1. The molecule has 1 amide bonds. The average molecular weight is 644 g/mol. The molecule has 2 N–H and O–H groups in total. The van der Waals surface area contributed by atoms with E-state index in [2.05, 4.69) is 20.6 Å². The number of benzene rings is 3. The summed E-state index contributed by atoms with van der Waals surface area (Å²) in [4.78, 5) is 33.8. The molecule has 0 atom stereocenters. The summed E-state index contributed by atoms with van der Waals surface area (Å²) in [5.41, 5.74) is 3.71. The zero-order valence-corrected chi connectivity index (χ0v) is 25.9. The lowest BCUT2D eigenvalue weighted by Crippen LogP contribution is -2.16. The topological polar surface area (TPSA) is 117 Å². The van der Waals surface area contributed by atoms with Crippen LogP contribution in [0.3, 0.4) is 0 Å². The summed E-state index contributed by atoms with van der Waals surface area (Å²) in [6.45, 7) is 3.26. The fourth-order valence-corrected chi connectivity index (χ4v) is 4.68. The summed E-state index contributed by atoms with van der Waals surface area (Å²) >= 11 is 5.79. The number of carbonyl (C=O) groups excluding carboxylic acids is 2. The lowest BCUT2D eigenvalue weighted by atomic mass is 10.1. The molecule has 46 heavy (non-hydrogen) atoms. The summed E-state index contributed by atoms with van der Waals surface area (Å²) in [5, 5.41) is 6.52. The van der Waals surface area contributed by atoms with Gasteiger partial charge in [0.1, 0.15) is 12.4 Å². The van der Waals surface area contributed by atoms with Crippen molar-refractivity contribution in [2.75, 3.05) is 17.7 Å². The fourth-order valence-electron chi connectivity index (χ4n) is 4.52. The summed E-state index contributed by atoms with van der Waals surface area (Å²) in [6, 6.07) is 21.4. The first-order valence-corrected chi connectivity index (χ1v) is 14.7. The van der Waals surface area contributed by atoms with Crippen LogP contribution < -0.4 is 20.1 Å². The van der Waals surface area contributed by atoms with Crippen LogP contribution in [0.25, 0.3) is 0 Å². The molecule has 5 rings (SSSR count). The van der Waals surface area contributed by atoms with Gasteiger partial charge in [0.2, 0.25) is 11.8 Å². The molecule has 3 aromatic carbocycles. The maximum absolute atomic E-state index is 14.0. The average Bonchev–Trinajstić information content (AvgIpc) is 3.52. The number of aryl methyl sites for hydroxylation is 1. The Balaban J connectivity index is 1.19. The number of esters is 1. The number of rotatable bonds is 13. The Bertz CT molecular complexity index is 1830. The van der Waals surface area contributed by atoms with E-state index in [9.17, 15) is 14.0 Å². The van der Waals surface area contributed by atoms with Crippen LogP contribution in [0.5, 0.6) is 17.4 Å². The van der Waals surface area contributed by atoms with Gasteiger partial charge in [-0.25, -0.2) is 19.2 Å². The fraction of sp³-hybridized carbons (Fsp3) is 0.176. The molecule has 0 fully saturated rings. The molecule has 2 aromatic heterocycles. The predicted octanol–water partition coefficient (Wildman–Crippen LogP) is 7.04. The Morgan fingerprint density at radius 3 is 2.59 bits per heavy atom. The highest BCUT2D eigenvalue weighted by atomic mass is 35.5. The number of methoxy groups -OCH3 is 1. The SMILES string of the molecule is CCn1cncc1CNc1cc(C(=O)OC)ccc1NC(=O)Cc1ccc(Oc2cccc(COc3ccc(Cl)cc3F)n2)cc1. The van der Waals surface area contributed by atoms with Gasteiger partial charge in [-0.1, -0.05) is 29.8 Å². The zero-order valence-electron chi connectivity index (χ0n) is 25.1. The number of anilines is 2. The highest BCUT2D eigenvalue weighted by Crippen LogP contribution is 2.26. The predicted molar refractivity (Wildman–Crippen MR) is 172 cm³/mol. The second-order valence-corrected chi connectivity index (χ2v) is 10.5. The van der Waals surface area contributed by atoms with E-state index in [1.165, 1.54) is 19.2 Å². The number of imidazole rings is 1. The second kappa shape index (κ2) is 15.0. The van der Waals surface area contributed by atoms with Crippen molar-refractivity contribution in [3.05, 3.63) is 125 Å². The number of amides is 1. The number of ether oxygens (including phenoxy) is 3. The van der Waals surface area contributed by atoms with Gasteiger partial charge in [0, 0.05) is 23.8 Å². The van der Waals surface area contributed by atoms with Gasteiger partial charge in [0.15, 0.2) is 11.6 Å². The van der Waals surface area contributed by atoms with Gasteiger partial charge < -0.3 is 29.4 Å². The molecular formula is C34H31ClFN5O5. The van der Waals surface area contributed by atoms with Gasteiger partial charge in [-0.15, -0.1) is 0 Å². The molecule has 236 valence electrons. The number of hydrogen-bond donors (Lipinski definition) is 2. The Hall–Kier alpha value is -5.42. The normalized spacial score (nSPS) is 10.7. The molecule has 0 spiro atoms. The van der Waals surface area contributed by atoms with Crippen LogP contribution in [0.1, 0.15) is 34.2 Å². The van der Waals surface area contributed by atoms with Crippen LogP contribution >= 0.6 is 11.6 Å². The van der Waals surface area contributed by atoms with Crippen LogP contribution in [0.2, 0.25) is 5.02 Å². The number of aromatic nitrogens is 3. The maximum Gasteiger partial charge on any atom is 0.337 e. The molecule has 0 bridgehead atoms. The molecule has 5 aromatic rings. The Morgan fingerprint density at radius 1 is 1.00 bits per heavy atom. The zero-order chi connectivity index (χ0) is 32.5. The van der Waals surface area contributed by atoms with E-state index in [0.717, 1.165) is 17.8 Å². The number of halogens is 2. The monoisotopic (exact) mass is 643 g/mol. The molecule has 10 nitrogen and oxygen atoms in total. The smallest absolute Gasteiger partial charge is 0.337 e. The van der Waals surface area contributed by atoms with Crippen LogP contribution in [0.4, 0.5) is 15.8 Å². The van der Waals surface area contributed by atoms with Gasteiger partial charge >= 0.3 is 5.97 Å². The van der Waals surface area contributed by atoms with Gasteiger partial charge in [0.25, 0.3) is 0 Å². The number of pyridine rings is 1. The quantitative estimate of drug-likeness (QED) is 0.131. The molecule has 0 unspecified atom stereocenters. The third-order valence-electron chi connectivity index (χ3n) is 6.88. The standard InChI is InChI=1S/C34H31ClFN5O5/c1-3-41-21-37-18-26(41)19-38-30-16-23(34(43)44-2)9-13-29(30)40-32(42)15-22-7-11-27(12-8-22)46-33-6-4-5-25(39-33)20-45-31-14-10-24(35)17-28(31)36/h4-14,16-18,21,38H,3,15,19-20H2,1-2H3,(H,40,42). The summed E-state index contributed by atoms with van der Waals surface area (Å²) in [7, 11) is 1.32. The molecule has 0 radical (unpaired) electrons. The number of nitrogens with one attached hydrogen (secondary N) is 2. The molecule has 0 aliphatic carbocycles. The Kier molecular flexibility index (Phi) is 10.5. The van der Waals surface area contributed by atoms with Crippen molar-refractivity contribution in [3.63, 3.8) is 0 Å². The maximum atomic E-state index is 14.0.